The number of benzene rings is 2. The van der Waals surface area contributed by atoms with Gasteiger partial charge in [-0.3, -0.25) is 4.52 Å². The molecule has 2 aromatic carbocycles. The minimum Gasteiger partial charge on any atom is -0.381 e. The lowest BCUT2D eigenvalue weighted by molar-refractivity contribution is 0.191. The van der Waals surface area contributed by atoms with Gasteiger partial charge in [-0.05, 0) is 56.4 Å². The normalized spacial score (nSPS) is 14.7. The van der Waals surface area contributed by atoms with E-state index in [1.54, 1.807) is 6.08 Å². The average molecular weight is 495 g/mol. The number of phosphoric acid groups is 2. The fourth-order valence-corrected chi connectivity index (χ4v) is 4.54. The number of nitrogens with one attached hydrogen (secondary N) is 1. The van der Waals surface area contributed by atoms with E-state index in [-0.39, 0.29) is 6.61 Å². The van der Waals surface area contributed by atoms with E-state index < -0.39 is 15.6 Å². The molecule has 0 bridgehead atoms. The third-order valence-electron chi connectivity index (χ3n) is 4.66. The molecule has 8 nitrogen and oxygen atoms in total. The van der Waals surface area contributed by atoms with Crippen molar-refractivity contribution in [1.29, 1.82) is 0 Å². The molecular weight excluding hydrogens is 464 g/mol. The van der Waals surface area contributed by atoms with Crippen LogP contribution >= 0.6 is 15.6 Å². The van der Waals surface area contributed by atoms with Crippen LogP contribution in [-0.4, -0.2) is 27.8 Å². The van der Waals surface area contributed by atoms with Gasteiger partial charge in [-0.1, -0.05) is 65.8 Å². The first-order chi connectivity index (χ1) is 15.5. The Morgan fingerprint density at radius 3 is 2.33 bits per heavy atom. The van der Waals surface area contributed by atoms with Gasteiger partial charge in [-0.25, -0.2) is 9.13 Å². The number of anilines is 1. The summed E-state index contributed by atoms with van der Waals surface area (Å²) in [5.74, 6) is 0. The van der Waals surface area contributed by atoms with Crippen LogP contribution in [0, 0.1) is 0 Å². The monoisotopic (exact) mass is 495 g/mol. The van der Waals surface area contributed by atoms with Crippen molar-refractivity contribution in [2.45, 2.75) is 33.1 Å². The summed E-state index contributed by atoms with van der Waals surface area (Å²) in [6, 6.07) is 18.7. The smallest absolute Gasteiger partial charge is 0.381 e. The van der Waals surface area contributed by atoms with Crippen LogP contribution in [0.15, 0.2) is 77.9 Å². The van der Waals surface area contributed by atoms with E-state index in [1.807, 2.05) is 44.2 Å². The van der Waals surface area contributed by atoms with Gasteiger partial charge >= 0.3 is 15.6 Å². The van der Waals surface area contributed by atoms with Crippen LogP contribution < -0.4 is 5.32 Å². The lowest BCUT2D eigenvalue weighted by Gasteiger charge is -2.11. The van der Waals surface area contributed by atoms with Crippen LogP contribution in [0.5, 0.6) is 0 Å². The maximum atomic E-state index is 11.4. The Morgan fingerprint density at radius 1 is 0.939 bits per heavy atom. The first-order valence-corrected chi connectivity index (χ1v) is 13.5. The Kier molecular flexibility index (Phi) is 10.7. The zero-order chi connectivity index (χ0) is 24.3. The molecule has 10 heteroatoms. The Balaban J connectivity index is 1.75. The van der Waals surface area contributed by atoms with Gasteiger partial charge in [0.05, 0.1) is 6.61 Å². The van der Waals surface area contributed by atoms with Gasteiger partial charge in [0.15, 0.2) is 0 Å². The van der Waals surface area contributed by atoms with Gasteiger partial charge in [0.25, 0.3) is 0 Å². The minimum atomic E-state index is -5.10. The third kappa shape index (κ3) is 12.1. The second-order valence-electron chi connectivity index (χ2n) is 7.69. The Morgan fingerprint density at radius 2 is 1.64 bits per heavy atom. The number of hydrogen-bond donors (Lipinski definition) is 4. The first-order valence-electron chi connectivity index (χ1n) is 10.4. The molecular formula is C23H31NO7P2. The molecule has 0 aliphatic rings. The highest BCUT2D eigenvalue weighted by molar-refractivity contribution is 7.60. The second-order valence-corrected chi connectivity index (χ2v) is 10.5. The summed E-state index contributed by atoms with van der Waals surface area (Å²) in [6.07, 6.45) is 6.07. The minimum absolute atomic E-state index is 0.289. The number of rotatable bonds is 13. The van der Waals surface area contributed by atoms with Gasteiger partial charge in [0, 0.05) is 12.2 Å². The molecule has 0 heterocycles. The molecule has 1 unspecified atom stereocenters. The highest BCUT2D eigenvalue weighted by atomic mass is 31.3. The molecule has 2 aromatic rings. The van der Waals surface area contributed by atoms with E-state index >= 15 is 0 Å². The van der Waals surface area contributed by atoms with Gasteiger partial charge in [0.2, 0.25) is 0 Å². The molecule has 0 saturated heterocycles. The van der Waals surface area contributed by atoms with Crippen molar-refractivity contribution < 1.29 is 32.6 Å². The fourth-order valence-electron chi connectivity index (χ4n) is 3.02. The summed E-state index contributed by atoms with van der Waals surface area (Å²) in [4.78, 5) is 26.4. The highest BCUT2D eigenvalue weighted by Gasteiger charge is 2.31. The van der Waals surface area contributed by atoms with Crippen LogP contribution in [0.1, 0.15) is 37.8 Å². The summed E-state index contributed by atoms with van der Waals surface area (Å²) in [6.45, 7) is 4.32. The maximum absolute atomic E-state index is 11.4. The third-order valence-corrected chi connectivity index (χ3v) is 6.81. The Labute approximate surface area is 194 Å². The molecule has 0 aliphatic heterocycles. The molecule has 180 valence electrons. The second kappa shape index (κ2) is 13.0. The summed E-state index contributed by atoms with van der Waals surface area (Å²) in [7, 11) is -9.90. The molecule has 1 atom stereocenters. The van der Waals surface area contributed by atoms with Gasteiger partial charge in [0.1, 0.15) is 0 Å². The van der Waals surface area contributed by atoms with E-state index in [0.29, 0.717) is 13.0 Å². The van der Waals surface area contributed by atoms with Gasteiger partial charge in [-0.2, -0.15) is 4.31 Å². The molecule has 4 N–H and O–H groups in total. The van der Waals surface area contributed by atoms with E-state index in [0.717, 1.165) is 24.1 Å². The van der Waals surface area contributed by atoms with E-state index in [1.165, 1.54) is 16.7 Å². The van der Waals surface area contributed by atoms with E-state index in [2.05, 4.69) is 44.5 Å². The van der Waals surface area contributed by atoms with Crippen LogP contribution in [0.3, 0.4) is 0 Å². The number of hydrogen-bond acceptors (Lipinski definition) is 5. The average Bonchev–Trinajstić information content (AvgIpc) is 2.71. The first kappa shape index (κ1) is 27.2. The molecule has 0 fully saturated rings. The molecule has 0 spiro atoms. The van der Waals surface area contributed by atoms with Crippen molar-refractivity contribution in [3.8, 4) is 0 Å². The quantitative estimate of drug-likeness (QED) is 0.209. The summed E-state index contributed by atoms with van der Waals surface area (Å²) in [5.41, 5.74) is 5.68. The van der Waals surface area contributed by atoms with E-state index in [9.17, 15) is 14.0 Å². The topological polar surface area (TPSA) is 125 Å². The molecule has 0 amide bonds. The van der Waals surface area contributed by atoms with Crippen molar-refractivity contribution >= 4 is 21.3 Å². The zero-order valence-corrected chi connectivity index (χ0v) is 20.5. The standard InChI is InChI=1S/C23H31NO7P2/c1-19(14-15-30-33(28,29)31-32(25,26)27)8-6-9-20(2)18-24-23-13-7-12-22(17-23)16-21-10-4-3-5-11-21/h3-5,7,9-14,17,24H,6,8,15-16,18H2,1-2H3,(H,28,29)(H2,25,26,27)/b19-14+,20-9+. The van der Waals surface area contributed by atoms with Gasteiger partial charge < -0.3 is 20.0 Å². The maximum Gasteiger partial charge on any atom is 0.481 e. The zero-order valence-electron chi connectivity index (χ0n) is 18.8. The SMILES string of the molecule is C/C(=C\COP(=O)(O)OP(=O)(O)O)CC/C=C(\C)CNc1cccc(Cc2ccccc2)c1. The number of allylic oxidation sites excluding steroid dienone is 2. The summed E-state index contributed by atoms with van der Waals surface area (Å²) >= 11 is 0. The summed E-state index contributed by atoms with van der Waals surface area (Å²) < 4.78 is 30.3. The lowest BCUT2D eigenvalue weighted by atomic mass is 10.0. The molecule has 0 aliphatic carbocycles. The molecule has 0 aromatic heterocycles. The van der Waals surface area contributed by atoms with Gasteiger partial charge in [-0.15, -0.1) is 0 Å². The molecule has 2 rings (SSSR count). The fraction of sp³-hybridized carbons (Fsp3) is 0.304. The molecule has 0 radical (unpaired) electrons. The van der Waals surface area contributed by atoms with Crippen molar-refractivity contribution in [3.63, 3.8) is 0 Å². The van der Waals surface area contributed by atoms with Crippen LogP contribution in [0.25, 0.3) is 0 Å². The van der Waals surface area contributed by atoms with Crippen molar-refractivity contribution in [3.05, 3.63) is 89.0 Å². The molecule has 0 saturated carbocycles. The van der Waals surface area contributed by atoms with Crippen molar-refractivity contribution in [1.82, 2.24) is 0 Å². The van der Waals surface area contributed by atoms with Crippen LogP contribution in [-0.2, 0) is 24.4 Å². The molecule has 33 heavy (non-hydrogen) atoms. The predicted octanol–water partition coefficient (Wildman–Crippen LogP) is 5.59. The van der Waals surface area contributed by atoms with Crippen molar-refractivity contribution in [2.24, 2.45) is 0 Å². The van der Waals surface area contributed by atoms with Crippen LogP contribution in [0.2, 0.25) is 0 Å². The highest BCUT2D eigenvalue weighted by Crippen LogP contribution is 2.57. The summed E-state index contributed by atoms with van der Waals surface area (Å²) in [5, 5.41) is 3.44. The van der Waals surface area contributed by atoms with Crippen molar-refractivity contribution in [2.75, 3.05) is 18.5 Å². The van der Waals surface area contributed by atoms with Crippen LogP contribution in [0.4, 0.5) is 5.69 Å². The largest absolute Gasteiger partial charge is 0.481 e. The Bertz CT molecular complexity index is 1050. The Hall–Kier alpha value is -2.02. The lowest BCUT2D eigenvalue weighted by Crippen LogP contribution is -2.03. The van der Waals surface area contributed by atoms with E-state index in [4.69, 9.17) is 9.79 Å². The predicted molar refractivity (Wildman–Crippen MR) is 130 cm³/mol. The number of phosphoric ester groups is 1.